The van der Waals surface area contributed by atoms with E-state index in [1.54, 1.807) is 18.4 Å². The van der Waals surface area contributed by atoms with Crippen LogP contribution in [0.4, 0.5) is 0 Å². The van der Waals surface area contributed by atoms with Crippen LogP contribution in [0.2, 0.25) is 0 Å². The molecule has 0 atom stereocenters. The van der Waals surface area contributed by atoms with Gasteiger partial charge >= 0.3 is 0 Å². The Morgan fingerprint density at radius 3 is 2.64 bits per heavy atom. The number of benzene rings is 2. The summed E-state index contributed by atoms with van der Waals surface area (Å²) in [6, 6.07) is 22.6. The largest absolute Gasteiger partial charge is 0.497 e. The van der Waals surface area contributed by atoms with Crippen molar-refractivity contribution in [3.63, 3.8) is 0 Å². The number of hydrogen-bond acceptors (Lipinski definition) is 3. The van der Waals surface area contributed by atoms with Gasteiger partial charge in [-0.25, -0.2) is 4.68 Å². The predicted octanol–water partition coefficient (Wildman–Crippen LogP) is 5.20. The third kappa shape index (κ3) is 3.35. The molecule has 0 aliphatic rings. The molecule has 0 radical (unpaired) electrons. The van der Waals surface area contributed by atoms with Gasteiger partial charge in [-0.15, -0.1) is 11.3 Å². The number of ether oxygens (including phenoxy) is 1. The number of nitrogens with zero attached hydrogens (tertiary/aromatic N) is 2. The molecular weight excluding hydrogens is 328 g/mol. The summed E-state index contributed by atoms with van der Waals surface area (Å²) in [6.07, 6.45) is 2.95. The van der Waals surface area contributed by atoms with Gasteiger partial charge in [-0.1, -0.05) is 36.4 Å². The summed E-state index contributed by atoms with van der Waals surface area (Å²) < 4.78 is 7.31. The summed E-state index contributed by atoms with van der Waals surface area (Å²) in [5, 5.41) is 6.95. The van der Waals surface area contributed by atoms with E-state index in [9.17, 15) is 0 Å². The standard InChI is InChI=1S/C21H18N2OS/c1-24-19-10-5-7-16(14-19)13-17-15-23(18-8-3-2-4-9-18)22-21(17)20-11-6-12-25-20/h2-12,14-15H,13H2,1H3. The Balaban J connectivity index is 1.76. The maximum Gasteiger partial charge on any atom is 0.119 e. The van der Waals surface area contributed by atoms with Crippen LogP contribution in [0.15, 0.2) is 78.3 Å². The van der Waals surface area contributed by atoms with Crippen molar-refractivity contribution in [3.05, 3.63) is 89.4 Å². The topological polar surface area (TPSA) is 27.1 Å². The van der Waals surface area contributed by atoms with E-state index in [2.05, 4.69) is 48.0 Å². The summed E-state index contributed by atoms with van der Waals surface area (Å²) in [7, 11) is 1.70. The Bertz CT molecular complexity index is 959. The van der Waals surface area contributed by atoms with Crippen molar-refractivity contribution in [3.8, 4) is 22.0 Å². The maximum absolute atomic E-state index is 5.35. The molecule has 0 aliphatic heterocycles. The normalized spacial score (nSPS) is 10.8. The van der Waals surface area contributed by atoms with Crippen molar-refractivity contribution in [2.24, 2.45) is 0 Å². The second-order valence-corrected chi connectivity index (χ2v) is 6.74. The Hall–Kier alpha value is -2.85. The highest BCUT2D eigenvalue weighted by Gasteiger charge is 2.14. The maximum atomic E-state index is 5.35. The molecule has 4 rings (SSSR count). The van der Waals surface area contributed by atoms with Gasteiger partial charge in [0.25, 0.3) is 0 Å². The molecule has 0 bridgehead atoms. The van der Waals surface area contributed by atoms with E-state index in [1.807, 2.05) is 35.0 Å². The highest BCUT2D eigenvalue weighted by Crippen LogP contribution is 2.29. The van der Waals surface area contributed by atoms with Gasteiger partial charge < -0.3 is 4.74 Å². The summed E-state index contributed by atoms with van der Waals surface area (Å²) in [5.41, 5.74) is 4.53. The minimum absolute atomic E-state index is 0.817. The van der Waals surface area contributed by atoms with Crippen LogP contribution in [0.1, 0.15) is 11.1 Å². The first kappa shape index (κ1) is 15.7. The molecule has 2 heterocycles. The van der Waals surface area contributed by atoms with Gasteiger partial charge in [0, 0.05) is 18.2 Å². The highest BCUT2D eigenvalue weighted by atomic mass is 32.1. The van der Waals surface area contributed by atoms with Crippen molar-refractivity contribution in [2.75, 3.05) is 7.11 Å². The molecule has 3 nitrogen and oxygen atoms in total. The third-order valence-corrected chi connectivity index (χ3v) is 4.97. The molecule has 0 saturated carbocycles. The lowest BCUT2D eigenvalue weighted by molar-refractivity contribution is 0.414. The molecule has 124 valence electrons. The molecule has 0 N–H and O–H groups in total. The summed E-state index contributed by atoms with van der Waals surface area (Å²) in [5.74, 6) is 0.880. The van der Waals surface area contributed by atoms with Gasteiger partial charge in [0.2, 0.25) is 0 Å². The Kier molecular flexibility index (Phi) is 4.36. The molecule has 25 heavy (non-hydrogen) atoms. The molecule has 4 aromatic rings. The quantitative estimate of drug-likeness (QED) is 0.496. The molecular formula is C21H18N2OS. The number of hydrogen-bond donors (Lipinski definition) is 0. The third-order valence-electron chi connectivity index (χ3n) is 4.09. The minimum Gasteiger partial charge on any atom is -0.497 e. The molecule has 2 aromatic carbocycles. The number of para-hydroxylation sites is 1. The van der Waals surface area contributed by atoms with Crippen LogP contribution < -0.4 is 4.74 Å². The van der Waals surface area contributed by atoms with Crippen LogP contribution in [-0.2, 0) is 6.42 Å². The molecule has 0 spiro atoms. The molecule has 0 saturated heterocycles. The fraction of sp³-hybridized carbons (Fsp3) is 0.0952. The molecule has 4 heteroatoms. The average molecular weight is 346 g/mol. The predicted molar refractivity (Wildman–Crippen MR) is 103 cm³/mol. The zero-order chi connectivity index (χ0) is 17.1. The second-order valence-electron chi connectivity index (χ2n) is 5.79. The second kappa shape index (κ2) is 6.95. The van der Waals surface area contributed by atoms with Crippen LogP contribution in [0.3, 0.4) is 0 Å². The zero-order valence-electron chi connectivity index (χ0n) is 13.9. The van der Waals surface area contributed by atoms with Crippen molar-refractivity contribution in [1.82, 2.24) is 9.78 Å². The number of methoxy groups -OCH3 is 1. The van der Waals surface area contributed by atoms with E-state index in [0.29, 0.717) is 0 Å². The summed E-state index contributed by atoms with van der Waals surface area (Å²) >= 11 is 1.72. The smallest absolute Gasteiger partial charge is 0.119 e. The molecule has 2 aromatic heterocycles. The van der Waals surface area contributed by atoms with E-state index >= 15 is 0 Å². The Morgan fingerprint density at radius 1 is 1.00 bits per heavy atom. The van der Waals surface area contributed by atoms with E-state index in [-0.39, 0.29) is 0 Å². The van der Waals surface area contributed by atoms with Gasteiger partial charge in [-0.05, 0) is 41.3 Å². The van der Waals surface area contributed by atoms with Gasteiger partial charge in [0.1, 0.15) is 11.4 Å². The first-order chi connectivity index (χ1) is 12.3. The Labute approximate surface area is 151 Å². The number of thiophene rings is 1. The van der Waals surface area contributed by atoms with Crippen molar-refractivity contribution < 1.29 is 4.74 Å². The lowest BCUT2D eigenvalue weighted by Gasteiger charge is -2.04. The lowest BCUT2D eigenvalue weighted by Crippen LogP contribution is -1.93. The van der Waals surface area contributed by atoms with Gasteiger partial charge in [0.05, 0.1) is 17.7 Å². The van der Waals surface area contributed by atoms with Gasteiger partial charge in [0.15, 0.2) is 0 Å². The first-order valence-electron chi connectivity index (χ1n) is 8.14. The van der Waals surface area contributed by atoms with Gasteiger partial charge in [-0.3, -0.25) is 0 Å². The minimum atomic E-state index is 0.817. The summed E-state index contributed by atoms with van der Waals surface area (Å²) in [4.78, 5) is 1.19. The fourth-order valence-electron chi connectivity index (χ4n) is 2.88. The SMILES string of the molecule is COc1cccc(Cc2cn(-c3ccccc3)nc2-c2cccs2)c1. The molecule has 0 aliphatic carbocycles. The van der Waals surface area contributed by atoms with Crippen molar-refractivity contribution in [2.45, 2.75) is 6.42 Å². The fourth-order valence-corrected chi connectivity index (χ4v) is 3.62. The van der Waals surface area contributed by atoms with Crippen LogP contribution in [0.25, 0.3) is 16.3 Å². The molecule has 0 unspecified atom stereocenters. The van der Waals surface area contributed by atoms with Crippen molar-refractivity contribution in [1.29, 1.82) is 0 Å². The van der Waals surface area contributed by atoms with Crippen LogP contribution in [0.5, 0.6) is 5.75 Å². The summed E-state index contributed by atoms with van der Waals surface area (Å²) in [6.45, 7) is 0. The number of aromatic nitrogens is 2. The van der Waals surface area contributed by atoms with Crippen molar-refractivity contribution >= 4 is 11.3 Å². The molecule has 0 amide bonds. The van der Waals surface area contributed by atoms with Crippen LogP contribution in [0, 0.1) is 0 Å². The van der Waals surface area contributed by atoms with E-state index in [0.717, 1.165) is 23.6 Å². The monoisotopic (exact) mass is 346 g/mol. The Morgan fingerprint density at radius 2 is 1.88 bits per heavy atom. The zero-order valence-corrected chi connectivity index (χ0v) is 14.7. The van der Waals surface area contributed by atoms with Crippen LogP contribution in [-0.4, -0.2) is 16.9 Å². The van der Waals surface area contributed by atoms with E-state index in [1.165, 1.54) is 16.0 Å². The lowest BCUT2D eigenvalue weighted by atomic mass is 10.0. The van der Waals surface area contributed by atoms with E-state index in [4.69, 9.17) is 9.84 Å². The molecule has 0 fully saturated rings. The van der Waals surface area contributed by atoms with Crippen LogP contribution >= 0.6 is 11.3 Å². The van der Waals surface area contributed by atoms with E-state index < -0.39 is 0 Å². The van der Waals surface area contributed by atoms with Gasteiger partial charge in [-0.2, -0.15) is 5.10 Å². The highest BCUT2D eigenvalue weighted by molar-refractivity contribution is 7.13. The first-order valence-corrected chi connectivity index (χ1v) is 9.02. The number of rotatable bonds is 5. The average Bonchev–Trinajstić information content (AvgIpc) is 3.32.